The minimum Gasteiger partial charge on any atom is -0.481 e. The van der Waals surface area contributed by atoms with Gasteiger partial charge < -0.3 is 21.5 Å². The van der Waals surface area contributed by atoms with E-state index in [2.05, 4.69) is 10.6 Å². The van der Waals surface area contributed by atoms with E-state index in [1.807, 2.05) is 0 Å². The molecule has 8 nitrogen and oxygen atoms in total. The van der Waals surface area contributed by atoms with Crippen LogP contribution < -0.4 is 16.4 Å². The van der Waals surface area contributed by atoms with Gasteiger partial charge in [0.1, 0.15) is 12.1 Å². The number of carbonyl (C=O) groups is 4. The predicted molar refractivity (Wildman–Crippen MR) is 54.5 cm³/mol. The van der Waals surface area contributed by atoms with E-state index in [9.17, 15) is 19.2 Å². The number of nitrogens with one attached hydrogen (secondary N) is 2. The topological polar surface area (TPSA) is 139 Å². The van der Waals surface area contributed by atoms with Gasteiger partial charge in [-0.15, -0.1) is 0 Å². The lowest BCUT2D eigenvalue weighted by atomic mass is 10.0. The molecule has 1 fully saturated rings. The van der Waals surface area contributed by atoms with Gasteiger partial charge in [-0.2, -0.15) is 0 Å². The zero-order chi connectivity index (χ0) is 13.0. The van der Waals surface area contributed by atoms with Gasteiger partial charge in [0.2, 0.25) is 17.7 Å². The largest absolute Gasteiger partial charge is 0.481 e. The van der Waals surface area contributed by atoms with Crippen molar-refractivity contribution in [2.75, 3.05) is 0 Å². The molecule has 94 valence electrons. The Kier molecular flexibility index (Phi) is 4.02. The number of primary amides is 1. The summed E-state index contributed by atoms with van der Waals surface area (Å²) in [5, 5.41) is 13.2. The van der Waals surface area contributed by atoms with Crippen LogP contribution in [0.3, 0.4) is 0 Å². The fraction of sp³-hybridized carbons (Fsp3) is 0.556. The highest BCUT2D eigenvalue weighted by atomic mass is 16.4. The Labute approximate surface area is 96.5 Å². The molecule has 17 heavy (non-hydrogen) atoms. The van der Waals surface area contributed by atoms with Gasteiger partial charge in [0, 0.05) is 6.42 Å². The fourth-order valence-corrected chi connectivity index (χ4v) is 1.48. The standard InChI is InChI=1S/C9H13N3O5/c10-6(13)2-1-4-8(16)12-5(3-7(14)15)9(17)11-4/h4-5H,1-3H2,(H2,10,13)(H,11,17)(H,12,16)(H,14,15)/t4-,5-/m0/s1. The summed E-state index contributed by atoms with van der Waals surface area (Å²) in [5.41, 5.74) is 4.92. The average molecular weight is 243 g/mol. The van der Waals surface area contributed by atoms with Crippen LogP contribution in [0.15, 0.2) is 0 Å². The maximum Gasteiger partial charge on any atom is 0.305 e. The number of hydrogen-bond acceptors (Lipinski definition) is 4. The van der Waals surface area contributed by atoms with Gasteiger partial charge in [-0.3, -0.25) is 19.2 Å². The van der Waals surface area contributed by atoms with Crippen molar-refractivity contribution >= 4 is 23.7 Å². The van der Waals surface area contributed by atoms with E-state index in [0.717, 1.165) is 0 Å². The van der Waals surface area contributed by atoms with Crippen molar-refractivity contribution in [2.24, 2.45) is 5.73 Å². The first kappa shape index (κ1) is 12.9. The summed E-state index contributed by atoms with van der Waals surface area (Å²) in [5.74, 6) is -2.82. The Hall–Kier alpha value is -2.12. The van der Waals surface area contributed by atoms with Gasteiger partial charge in [-0.25, -0.2) is 0 Å². The second-order valence-electron chi connectivity index (χ2n) is 3.73. The molecule has 0 unspecified atom stereocenters. The molecule has 2 atom stereocenters. The van der Waals surface area contributed by atoms with Gasteiger partial charge in [0.15, 0.2) is 0 Å². The Balaban J connectivity index is 2.55. The molecule has 8 heteroatoms. The molecule has 0 bridgehead atoms. The fourth-order valence-electron chi connectivity index (χ4n) is 1.48. The van der Waals surface area contributed by atoms with E-state index in [0.29, 0.717) is 0 Å². The van der Waals surface area contributed by atoms with Gasteiger partial charge in [-0.1, -0.05) is 0 Å². The van der Waals surface area contributed by atoms with Crippen LogP contribution in [0.2, 0.25) is 0 Å². The lowest BCUT2D eigenvalue weighted by Gasteiger charge is -2.28. The summed E-state index contributed by atoms with van der Waals surface area (Å²) >= 11 is 0. The van der Waals surface area contributed by atoms with Crippen LogP contribution in [0.4, 0.5) is 0 Å². The zero-order valence-electron chi connectivity index (χ0n) is 8.93. The molecular weight excluding hydrogens is 230 g/mol. The van der Waals surface area contributed by atoms with Crippen molar-refractivity contribution < 1.29 is 24.3 Å². The minimum absolute atomic E-state index is 0.0258. The minimum atomic E-state index is -1.18. The van der Waals surface area contributed by atoms with Crippen LogP contribution >= 0.6 is 0 Å². The Morgan fingerprint density at radius 1 is 1.18 bits per heavy atom. The Morgan fingerprint density at radius 3 is 2.24 bits per heavy atom. The molecular formula is C9H13N3O5. The second kappa shape index (κ2) is 5.28. The van der Waals surface area contributed by atoms with E-state index in [-0.39, 0.29) is 12.8 Å². The summed E-state index contributed by atoms with van der Waals surface area (Å²) in [7, 11) is 0. The average Bonchev–Trinajstić information content (AvgIpc) is 2.20. The number of hydrogen-bond donors (Lipinski definition) is 4. The molecule has 1 aliphatic heterocycles. The molecule has 0 radical (unpaired) electrons. The van der Waals surface area contributed by atoms with Crippen LogP contribution in [0.1, 0.15) is 19.3 Å². The highest BCUT2D eigenvalue weighted by Gasteiger charge is 2.34. The van der Waals surface area contributed by atoms with E-state index in [4.69, 9.17) is 10.8 Å². The summed E-state index contributed by atoms with van der Waals surface area (Å²) in [4.78, 5) is 43.9. The van der Waals surface area contributed by atoms with Crippen LogP contribution in [-0.4, -0.2) is 40.9 Å². The summed E-state index contributed by atoms with van der Waals surface area (Å²) in [6.07, 6.45) is -0.394. The normalized spacial score (nSPS) is 23.8. The molecule has 1 saturated heterocycles. The van der Waals surface area contributed by atoms with E-state index in [1.54, 1.807) is 0 Å². The first-order valence-corrected chi connectivity index (χ1v) is 5.01. The highest BCUT2D eigenvalue weighted by molar-refractivity contribution is 5.98. The van der Waals surface area contributed by atoms with Crippen LogP contribution in [0.25, 0.3) is 0 Å². The first-order chi connectivity index (χ1) is 7.90. The Bertz CT molecular complexity index is 368. The summed E-state index contributed by atoms with van der Waals surface area (Å²) in [6.45, 7) is 0. The van der Waals surface area contributed by atoms with Gasteiger partial charge >= 0.3 is 5.97 Å². The smallest absolute Gasteiger partial charge is 0.305 e. The van der Waals surface area contributed by atoms with Crippen LogP contribution in [-0.2, 0) is 19.2 Å². The first-order valence-electron chi connectivity index (χ1n) is 5.01. The predicted octanol–water partition coefficient (Wildman–Crippen LogP) is -2.29. The van der Waals surface area contributed by atoms with E-state index in [1.165, 1.54) is 0 Å². The Morgan fingerprint density at radius 2 is 1.71 bits per heavy atom. The highest BCUT2D eigenvalue weighted by Crippen LogP contribution is 2.06. The molecule has 0 aromatic carbocycles. The zero-order valence-corrected chi connectivity index (χ0v) is 8.93. The van der Waals surface area contributed by atoms with Crippen molar-refractivity contribution in [1.29, 1.82) is 0 Å². The van der Waals surface area contributed by atoms with Gasteiger partial charge in [0.05, 0.1) is 6.42 Å². The number of carboxylic acids is 1. The molecule has 1 heterocycles. The monoisotopic (exact) mass is 243 g/mol. The number of piperazine rings is 1. The third-order valence-corrected chi connectivity index (χ3v) is 2.32. The SMILES string of the molecule is NC(=O)CC[C@@H]1NC(=O)[C@H](CC(=O)O)NC1=O. The summed E-state index contributed by atoms with van der Waals surface area (Å²) < 4.78 is 0. The van der Waals surface area contributed by atoms with Crippen molar-refractivity contribution in [3.05, 3.63) is 0 Å². The third kappa shape index (κ3) is 3.74. The lowest BCUT2D eigenvalue weighted by molar-refractivity contribution is -0.143. The molecule has 1 rings (SSSR count). The number of carboxylic acid groups (broad SMARTS) is 1. The van der Waals surface area contributed by atoms with Crippen molar-refractivity contribution in [3.63, 3.8) is 0 Å². The molecule has 0 spiro atoms. The van der Waals surface area contributed by atoms with E-state index < -0.39 is 42.2 Å². The molecule has 1 aliphatic rings. The molecule has 0 aromatic rings. The third-order valence-electron chi connectivity index (χ3n) is 2.32. The van der Waals surface area contributed by atoms with Crippen molar-refractivity contribution in [1.82, 2.24) is 10.6 Å². The molecule has 3 amide bonds. The lowest BCUT2D eigenvalue weighted by Crippen LogP contribution is -2.62. The van der Waals surface area contributed by atoms with Crippen molar-refractivity contribution in [3.8, 4) is 0 Å². The summed E-state index contributed by atoms with van der Waals surface area (Å²) in [6, 6.07) is -1.90. The van der Waals surface area contributed by atoms with Gasteiger partial charge in [-0.05, 0) is 6.42 Å². The van der Waals surface area contributed by atoms with Crippen LogP contribution in [0.5, 0.6) is 0 Å². The molecule has 5 N–H and O–H groups in total. The van der Waals surface area contributed by atoms with Crippen LogP contribution in [0, 0.1) is 0 Å². The maximum atomic E-state index is 11.5. The maximum absolute atomic E-state index is 11.5. The number of rotatable bonds is 5. The van der Waals surface area contributed by atoms with Gasteiger partial charge in [0.25, 0.3) is 0 Å². The molecule has 0 aromatic heterocycles. The van der Waals surface area contributed by atoms with E-state index >= 15 is 0 Å². The molecule has 0 aliphatic carbocycles. The number of carbonyl (C=O) groups excluding carboxylic acids is 3. The molecule has 0 saturated carbocycles. The second-order valence-corrected chi connectivity index (χ2v) is 3.73. The van der Waals surface area contributed by atoms with Crippen molar-refractivity contribution in [2.45, 2.75) is 31.3 Å². The number of nitrogens with two attached hydrogens (primary N) is 1. The number of aliphatic carboxylic acids is 1. The number of amides is 3. The quantitative estimate of drug-likeness (QED) is 0.430.